The van der Waals surface area contributed by atoms with Crippen LogP contribution in [0.2, 0.25) is 0 Å². The first-order valence-corrected chi connectivity index (χ1v) is 8.42. The summed E-state index contributed by atoms with van der Waals surface area (Å²) in [7, 11) is -2.26. The summed E-state index contributed by atoms with van der Waals surface area (Å²) in [5, 5.41) is 9.39. The number of hydrogen-bond acceptors (Lipinski definition) is 4. The van der Waals surface area contributed by atoms with E-state index in [4.69, 9.17) is 0 Å². The molecule has 21 heavy (non-hydrogen) atoms. The number of carbonyl (C=O) groups is 1. The molecule has 1 heterocycles. The molecule has 7 nitrogen and oxygen atoms in total. The van der Waals surface area contributed by atoms with Gasteiger partial charge in [-0.25, -0.2) is 13.4 Å². The highest BCUT2D eigenvalue weighted by atomic mass is 32.2. The number of aromatic nitrogens is 2. The van der Waals surface area contributed by atoms with Crippen molar-refractivity contribution in [3.05, 3.63) is 12.0 Å². The molecule has 1 aromatic rings. The summed E-state index contributed by atoms with van der Waals surface area (Å²) >= 11 is 0. The van der Waals surface area contributed by atoms with Crippen LogP contribution in [0.3, 0.4) is 0 Å². The van der Waals surface area contributed by atoms with Gasteiger partial charge in [0, 0.05) is 13.2 Å². The molecule has 0 spiro atoms. The first kappa shape index (κ1) is 16.0. The number of nitrogens with zero attached hydrogens (tertiary/aromatic N) is 2. The second-order valence-corrected chi connectivity index (χ2v) is 7.56. The molecule has 2 rings (SSSR count). The van der Waals surface area contributed by atoms with Gasteiger partial charge in [0.15, 0.2) is 5.03 Å². The van der Waals surface area contributed by atoms with E-state index in [0.29, 0.717) is 25.1 Å². The molecule has 2 atom stereocenters. The van der Waals surface area contributed by atoms with Crippen LogP contribution in [0.1, 0.15) is 38.4 Å². The summed E-state index contributed by atoms with van der Waals surface area (Å²) in [6.07, 6.45) is 3.60. The number of hydrogen-bond donors (Lipinski definition) is 2. The second-order valence-electron chi connectivity index (χ2n) is 5.93. The molecule has 0 bridgehead atoms. The van der Waals surface area contributed by atoms with Crippen LogP contribution in [0.5, 0.6) is 0 Å². The maximum atomic E-state index is 12.4. The highest BCUT2D eigenvalue weighted by molar-refractivity contribution is 7.89. The van der Waals surface area contributed by atoms with Crippen LogP contribution in [0, 0.1) is 12.8 Å². The zero-order valence-corrected chi connectivity index (χ0v) is 13.3. The van der Waals surface area contributed by atoms with Gasteiger partial charge in [-0.3, -0.25) is 4.79 Å². The number of imidazole rings is 1. The molecule has 1 aromatic heterocycles. The van der Waals surface area contributed by atoms with Crippen molar-refractivity contribution in [1.29, 1.82) is 0 Å². The van der Waals surface area contributed by atoms with Gasteiger partial charge in [0.05, 0.1) is 0 Å². The van der Waals surface area contributed by atoms with E-state index in [0.717, 1.165) is 6.42 Å². The molecule has 0 aromatic carbocycles. The largest absolute Gasteiger partial charge is 0.480 e. The molecule has 0 amide bonds. The van der Waals surface area contributed by atoms with Crippen molar-refractivity contribution in [2.75, 3.05) is 0 Å². The van der Waals surface area contributed by atoms with E-state index in [1.165, 1.54) is 6.20 Å². The Bertz CT molecular complexity index is 633. The van der Waals surface area contributed by atoms with Crippen LogP contribution >= 0.6 is 0 Å². The lowest BCUT2D eigenvalue weighted by molar-refractivity contribution is -0.146. The monoisotopic (exact) mass is 315 g/mol. The van der Waals surface area contributed by atoms with Crippen LogP contribution in [0.4, 0.5) is 0 Å². The third-order valence-electron chi connectivity index (χ3n) is 4.10. The number of rotatable bonds is 4. The molecule has 2 unspecified atom stereocenters. The van der Waals surface area contributed by atoms with Gasteiger partial charge < -0.3 is 9.67 Å². The zero-order valence-electron chi connectivity index (χ0n) is 12.5. The quantitative estimate of drug-likeness (QED) is 0.864. The topological polar surface area (TPSA) is 101 Å². The van der Waals surface area contributed by atoms with Crippen molar-refractivity contribution < 1.29 is 18.3 Å². The van der Waals surface area contributed by atoms with Gasteiger partial charge in [0.25, 0.3) is 10.0 Å². The van der Waals surface area contributed by atoms with Crippen molar-refractivity contribution in [2.24, 2.45) is 13.0 Å². The minimum absolute atomic E-state index is 0.138. The second kappa shape index (κ2) is 5.42. The number of sulfonamides is 1. The molecular formula is C13H21N3O4S. The van der Waals surface area contributed by atoms with E-state index in [1.54, 1.807) is 18.5 Å². The average Bonchev–Trinajstić information content (AvgIpc) is 2.69. The zero-order chi connectivity index (χ0) is 15.8. The van der Waals surface area contributed by atoms with Crippen LogP contribution in [-0.2, 0) is 21.9 Å². The highest BCUT2D eigenvalue weighted by Gasteiger charge is 2.45. The minimum atomic E-state index is -3.95. The Labute approximate surface area is 124 Å². The predicted molar refractivity (Wildman–Crippen MR) is 76.3 cm³/mol. The molecule has 1 aliphatic carbocycles. The number of nitrogens with one attached hydrogen (secondary N) is 1. The molecule has 2 N–H and O–H groups in total. The van der Waals surface area contributed by atoms with Gasteiger partial charge in [0.2, 0.25) is 0 Å². The van der Waals surface area contributed by atoms with Crippen molar-refractivity contribution in [2.45, 2.75) is 50.1 Å². The highest BCUT2D eigenvalue weighted by Crippen LogP contribution is 2.33. The molecule has 118 valence electrons. The normalized spacial score (nSPS) is 26.7. The van der Waals surface area contributed by atoms with E-state index in [-0.39, 0.29) is 10.9 Å². The van der Waals surface area contributed by atoms with Crippen molar-refractivity contribution >= 4 is 16.0 Å². The van der Waals surface area contributed by atoms with Gasteiger partial charge >= 0.3 is 5.97 Å². The Morgan fingerprint density at radius 3 is 2.71 bits per heavy atom. The van der Waals surface area contributed by atoms with E-state index >= 15 is 0 Å². The maximum absolute atomic E-state index is 12.4. The summed E-state index contributed by atoms with van der Waals surface area (Å²) in [6, 6.07) is 0. The Kier molecular flexibility index (Phi) is 4.12. The Balaban J connectivity index is 2.34. The van der Waals surface area contributed by atoms with E-state index < -0.39 is 21.5 Å². The van der Waals surface area contributed by atoms with Crippen molar-refractivity contribution in [3.8, 4) is 0 Å². The number of carboxylic acids is 1. The summed E-state index contributed by atoms with van der Waals surface area (Å²) in [5.74, 6) is -0.398. The fraction of sp³-hybridized carbons (Fsp3) is 0.692. The third kappa shape index (κ3) is 3.11. The molecule has 1 aliphatic rings. The van der Waals surface area contributed by atoms with Crippen LogP contribution in [0.25, 0.3) is 0 Å². The fourth-order valence-corrected chi connectivity index (χ4v) is 4.29. The molecule has 0 radical (unpaired) electrons. The molecule has 0 aliphatic heterocycles. The Hall–Kier alpha value is -1.41. The molecule has 1 saturated carbocycles. The van der Waals surface area contributed by atoms with Gasteiger partial charge in [0.1, 0.15) is 11.4 Å². The van der Waals surface area contributed by atoms with Gasteiger partial charge in [-0.1, -0.05) is 19.8 Å². The summed E-state index contributed by atoms with van der Waals surface area (Å²) < 4.78 is 28.8. The van der Waals surface area contributed by atoms with Crippen LogP contribution in [-0.4, -0.2) is 34.6 Å². The molecule has 1 fully saturated rings. The van der Waals surface area contributed by atoms with Gasteiger partial charge in [-0.2, -0.15) is 4.72 Å². The first-order chi connectivity index (χ1) is 9.66. The smallest absolute Gasteiger partial charge is 0.324 e. The van der Waals surface area contributed by atoms with E-state index in [9.17, 15) is 18.3 Å². The Morgan fingerprint density at radius 2 is 2.24 bits per heavy atom. The van der Waals surface area contributed by atoms with Gasteiger partial charge in [-0.15, -0.1) is 0 Å². The summed E-state index contributed by atoms with van der Waals surface area (Å²) in [6.45, 7) is 3.63. The lowest BCUT2D eigenvalue weighted by Crippen LogP contribution is -2.56. The van der Waals surface area contributed by atoms with E-state index in [2.05, 4.69) is 9.71 Å². The predicted octanol–water partition coefficient (Wildman–Crippen LogP) is 1.04. The van der Waals surface area contributed by atoms with Crippen molar-refractivity contribution in [3.63, 3.8) is 0 Å². The molecule has 0 saturated heterocycles. The number of aryl methyl sites for hydroxylation is 2. The van der Waals surface area contributed by atoms with Crippen LogP contribution < -0.4 is 4.72 Å². The lowest BCUT2D eigenvalue weighted by atomic mass is 9.77. The Morgan fingerprint density at radius 1 is 1.57 bits per heavy atom. The maximum Gasteiger partial charge on any atom is 0.324 e. The third-order valence-corrected chi connectivity index (χ3v) is 5.51. The SMILES string of the molecule is Cc1nc(S(=O)(=O)NC2(C(=O)O)CCCC(C)C2)cn1C. The van der Waals surface area contributed by atoms with Crippen molar-refractivity contribution in [1.82, 2.24) is 14.3 Å². The number of carboxylic acid groups (broad SMARTS) is 1. The van der Waals surface area contributed by atoms with Gasteiger partial charge in [-0.05, 0) is 25.7 Å². The molecule has 8 heteroatoms. The summed E-state index contributed by atoms with van der Waals surface area (Å²) in [5.41, 5.74) is -1.43. The lowest BCUT2D eigenvalue weighted by Gasteiger charge is -2.36. The first-order valence-electron chi connectivity index (χ1n) is 6.94. The average molecular weight is 315 g/mol. The minimum Gasteiger partial charge on any atom is -0.480 e. The van der Waals surface area contributed by atoms with E-state index in [1.807, 2.05) is 6.92 Å². The molecular weight excluding hydrogens is 294 g/mol. The van der Waals surface area contributed by atoms with Crippen LogP contribution in [0.15, 0.2) is 11.2 Å². The fourth-order valence-electron chi connectivity index (χ4n) is 2.85. The standard InChI is InChI=1S/C13H21N3O4S/c1-9-5-4-6-13(7-9,12(17)18)15-21(19,20)11-8-16(3)10(2)14-11/h8-9,15H,4-7H2,1-3H3,(H,17,18). The summed E-state index contributed by atoms with van der Waals surface area (Å²) in [4.78, 5) is 15.6. The number of aliphatic carboxylic acids is 1.